The minimum atomic E-state index is -0.450. The van der Waals surface area contributed by atoms with Crippen molar-refractivity contribution >= 4 is 11.8 Å². The zero-order valence-corrected chi connectivity index (χ0v) is 14.6. The quantitative estimate of drug-likeness (QED) is 0.823. The molecule has 2 heterocycles. The standard InChI is InChI=1S/C18H25N3O4/c1-24-16-5-3-2-4-14(16)12-17(22)21-7-6-19-13-15(21)18(23)20-8-10-25-11-9-20/h2-5,15,19H,6-13H2,1H3/t15-/m1/s1. The van der Waals surface area contributed by atoms with Crippen molar-refractivity contribution in [2.45, 2.75) is 12.5 Å². The largest absolute Gasteiger partial charge is 0.496 e. The highest BCUT2D eigenvalue weighted by Gasteiger charge is 2.35. The van der Waals surface area contributed by atoms with Crippen molar-refractivity contribution in [2.24, 2.45) is 0 Å². The fourth-order valence-corrected chi connectivity index (χ4v) is 3.33. The molecule has 25 heavy (non-hydrogen) atoms. The maximum absolute atomic E-state index is 12.9. The predicted molar refractivity (Wildman–Crippen MR) is 92.5 cm³/mol. The van der Waals surface area contributed by atoms with Crippen LogP contribution in [0.4, 0.5) is 0 Å². The number of amides is 2. The average molecular weight is 347 g/mol. The Morgan fingerprint density at radius 1 is 1.24 bits per heavy atom. The van der Waals surface area contributed by atoms with Crippen LogP contribution in [0.3, 0.4) is 0 Å². The molecule has 1 aromatic rings. The fourth-order valence-electron chi connectivity index (χ4n) is 3.33. The number of carbonyl (C=O) groups excluding carboxylic acids is 2. The van der Waals surface area contributed by atoms with Crippen molar-refractivity contribution in [1.82, 2.24) is 15.1 Å². The van der Waals surface area contributed by atoms with Crippen LogP contribution < -0.4 is 10.1 Å². The first-order valence-electron chi connectivity index (χ1n) is 8.69. The molecule has 1 aromatic carbocycles. The number of carbonyl (C=O) groups is 2. The number of nitrogens with zero attached hydrogens (tertiary/aromatic N) is 2. The van der Waals surface area contributed by atoms with E-state index in [0.29, 0.717) is 51.7 Å². The molecule has 0 aliphatic carbocycles. The highest BCUT2D eigenvalue weighted by atomic mass is 16.5. The molecule has 2 amide bonds. The third-order valence-electron chi connectivity index (χ3n) is 4.71. The number of hydrogen-bond acceptors (Lipinski definition) is 5. The summed E-state index contributed by atoms with van der Waals surface area (Å²) in [4.78, 5) is 29.2. The van der Waals surface area contributed by atoms with Gasteiger partial charge in [-0.3, -0.25) is 9.59 Å². The van der Waals surface area contributed by atoms with Crippen molar-refractivity contribution in [3.63, 3.8) is 0 Å². The Labute approximate surface area is 147 Å². The van der Waals surface area contributed by atoms with Crippen LogP contribution >= 0.6 is 0 Å². The van der Waals surface area contributed by atoms with Gasteiger partial charge in [-0.25, -0.2) is 0 Å². The van der Waals surface area contributed by atoms with Crippen LogP contribution in [0.25, 0.3) is 0 Å². The molecule has 2 fully saturated rings. The molecule has 2 aliphatic rings. The zero-order valence-electron chi connectivity index (χ0n) is 14.6. The molecule has 1 N–H and O–H groups in total. The Morgan fingerprint density at radius 2 is 2.00 bits per heavy atom. The van der Waals surface area contributed by atoms with Crippen LogP contribution in [-0.2, 0) is 20.7 Å². The van der Waals surface area contributed by atoms with E-state index in [1.54, 1.807) is 16.9 Å². The van der Waals surface area contributed by atoms with Crippen LogP contribution in [0, 0.1) is 0 Å². The number of hydrogen-bond donors (Lipinski definition) is 1. The summed E-state index contributed by atoms with van der Waals surface area (Å²) in [6, 6.07) is 7.05. The summed E-state index contributed by atoms with van der Waals surface area (Å²) < 4.78 is 10.6. The number of piperazine rings is 1. The molecule has 3 rings (SSSR count). The topological polar surface area (TPSA) is 71.1 Å². The first-order valence-corrected chi connectivity index (χ1v) is 8.69. The van der Waals surface area contributed by atoms with Crippen LogP contribution in [-0.4, -0.2) is 80.7 Å². The third-order valence-corrected chi connectivity index (χ3v) is 4.71. The minimum Gasteiger partial charge on any atom is -0.496 e. The summed E-state index contributed by atoms with van der Waals surface area (Å²) >= 11 is 0. The summed E-state index contributed by atoms with van der Waals surface area (Å²) in [7, 11) is 1.60. The second-order valence-corrected chi connectivity index (χ2v) is 6.23. The Morgan fingerprint density at radius 3 is 2.76 bits per heavy atom. The number of para-hydroxylation sites is 1. The van der Waals surface area contributed by atoms with E-state index in [-0.39, 0.29) is 18.2 Å². The molecule has 1 atom stereocenters. The molecular formula is C18H25N3O4. The van der Waals surface area contributed by atoms with Gasteiger partial charge in [0.1, 0.15) is 11.8 Å². The second-order valence-electron chi connectivity index (χ2n) is 6.23. The molecule has 136 valence electrons. The molecule has 2 saturated heterocycles. The van der Waals surface area contributed by atoms with E-state index in [2.05, 4.69) is 5.32 Å². The summed E-state index contributed by atoms with van der Waals surface area (Å²) in [6.07, 6.45) is 0.233. The lowest BCUT2D eigenvalue weighted by atomic mass is 10.1. The predicted octanol–water partition coefficient (Wildman–Crippen LogP) is -0.103. The lowest BCUT2D eigenvalue weighted by Gasteiger charge is -2.39. The van der Waals surface area contributed by atoms with Gasteiger partial charge < -0.3 is 24.6 Å². The Bertz CT molecular complexity index is 616. The lowest BCUT2D eigenvalue weighted by molar-refractivity contribution is -0.149. The van der Waals surface area contributed by atoms with Gasteiger partial charge in [-0.1, -0.05) is 18.2 Å². The molecule has 0 aromatic heterocycles. The maximum Gasteiger partial charge on any atom is 0.246 e. The molecule has 2 aliphatic heterocycles. The van der Waals surface area contributed by atoms with Crippen LogP contribution in [0.15, 0.2) is 24.3 Å². The Balaban J connectivity index is 1.71. The number of ether oxygens (including phenoxy) is 2. The molecule has 0 spiro atoms. The fraction of sp³-hybridized carbons (Fsp3) is 0.556. The van der Waals surface area contributed by atoms with Gasteiger partial charge in [-0.15, -0.1) is 0 Å². The molecule has 7 nitrogen and oxygen atoms in total. The highest BCUT2D eigenvalue weighted by Crippen LogP contribution is 2.20. The number of methoxy groups -OCH3 is 1. The molecule has 0 bridgehead atoms. The second kappa shape index (κ2) is 8.31. The van der Waals surface area contributed by atoms with Crippen molar-refractivity contribution in [3.8, 4) is 5.75 Å². The molecule has 0 radical (unpaired) electrons. The Kier molecular flexibility index (Phi) is 5.88. The molecule has 0 saturated carbocycles. The minimum absolute atomic E-state index is 0.00359. The van der Waals surface area contributed by atoms with E-state index >= 15 is 0 Å². The van der Waals surface area contributed by atoms with E-state index < -0.39 is 6.04 Å². The van der Waals surface area contributed by atoms with Gasteiger partial charge >= 0.3 is 0 Å². The van der Waals surface area contributed by atoms with Crippen molar-refractivity contribution in [2.75, 3.05) is 53.0 Å². The van der Waals surface area contributed by atoms with Crippen LogP contribution in [0.1, 0.15) is 5.56 Å². The summed E-state index contributed by atoms with van der Waals surface area (Å²) in [6.45, 7) is 4.02. The number of rotatable bonds is 4. The van der Waals surface area contributed by atoms with E-state index in [9.17, 15) is 9.59 Å². The number of morpholine rings is 1. The van der Waals surface area contributed by atoms with Crippen molar-refractivity contribution in [3.05, 3.63) is 29.8 Å². The SMILES string of the molecule is COc1ccccc1CC(=O)N1CCNC[C@@H]1C(=O)N1CCOCC1. The average Bonchev–Trinajstić information content (AvgIpc) is 2.68. The third kappa shape index (κ3) is 4.11. The Hall–Kier alpha value is -2.12. The van der Waals surface area contributed by atoms with E-state index in [0.717, 1.165) is 5.56 Å². The van der Waals surface area contributed by atoms with Gasteiger partial charge in [0.2, 0.25) is 11.8 Å². The summed E-state index contributed by atoms with van der Waals surface area (Å²) in [5, 5.41) is 3.23. The summed E-state index contributed by atoms with van der Waals surface area (Å²) in [5.74, 6) is 0.656. The van der Waals surface area contributed by atoms with Gasteiger partial charge in [0.05, 0.1) is 26.7 Å². The normalized spacial score (nSPS) is 21.1. The van der Waals surface area contributed by atoms with Gasteiger partial charge in [0.25, 0.3) is 0 Å². The zero-order chi connectivity index (χ0) is 17.6. The number of nitrogens with one attached hydrogen (secondary N) is 1. The van der Waals surface area contributed by atoms with Gasteiger partial charge in [-0.05, 0) is 6.07 Å². The van der Waals surface area contributed by atoms with Crippen LogP contribution in [0.2, 0.25) is 0 Å². The number of benzene rings is 1. The van der Waals surface area contributed by atoms with Gasteiger partial charge in [-0.2, -0.15) is 0 Å². The molecule has 0 unspecified atom stereocenters. The highest BCUT2D eigenvalue weighted by molar-refractivity contribution is 5.89. The van der Waals surface area contributed by atoms with E-state index in [1.807, 2.05) is 24.3 Å². The van der Waals surface area contributed by atoms with Crippen molar-refractivity contribution < 1.29 is 19.1 Å². The van der Waals surface area contributed by atoms with Crippen molar-refractivity contribution in [1.29, 1.82) is 0 Å². The van der Waals surface area contributed by atoms with E-state index in [1.165, 1.54) is 0 Å². The monoisotopic (exact) mass is 347 g/mol. The van der Waals surface area contributed by atoms with E-state index in [4.69, 9.17) is 9.47 Å². The first-order chi connectivity index (χ1) is 12.2. The lowest BCUT2D eigenvalue weighted by Crippen LogP contribution is -2.61. The van der Waals surface area contributed by atoms with Gasteiger partial charge in [0.15, 0.2) is 0 Å². The molecule has 7 heteroatoms. The summed E-state index contributed by atoms with van der Waals surface area (Å²) in [5.41, 5.74) is 0.839. The smallest absolute Gasteiger partial charge is 0.246 e. The van der Waals surface area contributed by atoms with Crippen LogP contribution in [0.5, 0.6) is 5.75 Å². The first kappa shape index (κ1) is 17.7. The molecular weight excluding hydrogens is 322 g/mol. The van der Waals surface area contributed by atoms with Gasteiger partial charge in [0, 0.05) is 38.3 Å². The maximum atomic E-state index is 12.9.